The molecule has 1 aliphatic rings. The van der Waals surface area contributed by atoms with Crippen LogP contribution in [0.25, 0.3) is 10.4 Å². The van der Waals surface area contributed by atoms with Crippen LogP contribution in [0.15, 0.2) is 41.2 Å². The third-order valence-corrected chi connectivity index (χ3v) is 6.25. The summed E-state index contributed by atoms with van der Waals surface area (Å²) in [6, 6.07) is 12.3. The van der Waals surface area contributed by atoms with Crippen LogP contribution >= 0.6 is 22.9 Å². The number of nitrogens with one attached hydrogen (secondary N) is 1. The highest BCUT2D eigenvalue weighted by atomic mass is 35.5. The molecule has 1 N–H and O–H groups in total. The summed E-state index contributed by atoms with van der Waals surface area (Å²) in [4.78, 5) is 25.0. The van der Waals surface area contributed by atoms with Crippen LogP contribution in [0.5, 0.6) is 0 Å². The van der Waals surface area contributed by atoms with Crippen molar-refractivity contribution in [3.05, 3.63) is 73.7 Å². The molecule has 0 saturated carbocycles. The standard InChI is InChI=1S/C21H22ClN3OS/c1-13(2)20-23-18-9-10-25(12-17(18)21(26)24-20)11-16-7-8-19(27-16)14-3-5-15(22)6-4-14/h3-8,13H,9-12H2,1-2H3,(H,23,24,26). The number of aromatic nitrogens is 2. The van der Waals surface area contributed by atoms with E-state index >= 15 is 0 Å². The molecule has 4 nitrogen and oxygen atoms in total. The summed E-state index contributed by atoms with van der Waals surface area (Å²) in [5, 5.41) is 0.752. The summed E-state index contributed by atoms with van der Waals surface area (Å²) in [7, 11) is 0. The van der Waals surface area contributed by atoms with Gasteiger partial charge in [-0.05, 0) is 29.8 Å². The fourth-order valence-corrected chi connectivity index (χ4v) is 4.54. The Bertz CT molecular complexity index is 1010. The maximum atomic E-state index is 12.5. The first-order valence-corrected chi connectivity index (χ1v) is 10.4. The first kappa shape index (κ1) is 18.4. The molecule has 2 aromatic heterocycles. The Morgan fingerprint density at radius 1 is 1.22 bits per heavy atom. The summed E-state index contributed by atoms with van der Waals surface area (Å²) in [6.07, 6.45) is 0.828. The van der Waals surface area contributed by atoms with Crippen LogP contribution in [0.4, 0.5) is 0 Å². The Kier molecular flexibility index (Phi) is 5.17. The lowest BCUT2D eigenvalue weighted by molar-refractivity contribution is 0.243. The van der Waals surface area contributed by atoms with E-state index in [1.807, 2.05) is 24.3 Å². The highest BCUT2D eigenvalue weighted by molar-refractivity contribution is 7.15. The van der Waals surface area contributed by atoms with Gasteiger partial charge in [0.05, 0.1) is 11.3 Å². The zero-order valence-corrected chi connectivity index (χ0v) is 17.0. The molecule has 0 fully saturated rings. The maximum absolute atomic E-state index is 12.5. The van der Waals surface area contributed by atoms with E-state index in [1.165, 1.54) is 15.3 Å². The third kappa shape index (κ3) is 4.00. The zero-order chi connectivity index (χ0) is 19.0. The molecule has 1 aliphatic heterocycles. The van der Waals surface area contributed by atoms with Crippen LogP contribution < -0.4 is 5.56 Å². The number of halogens is 1. The predicted octanol–water partition coefficient (Wildman–Crippen LogP) is 4.83. The van der Waals surface area contributed by atoms with E-state index in [9.17, 15) is 4.79 Å². The molecule has 4 rings (SSSR count). The fraction of sp³-hybridized carbons (Fsp3) is 0.333. The second-order valence-electron chi connectivity index (χ2n) is 7.26. The van der Waals surface area contributed by atoms with Crippen LogP contribution in [-0.2, 0) is 19.5 Å². The smallest absolute Gasteiger partial charge is 0.255 e. The molecule has 3 aromatic rings. The molecule has 140 valence electrons. The number of benzene rings is 1. The number of hydrogen-bond acceptors (Lipinski definition) is 4. The minimum Gasteiger partial charge on any atom is -0.310 e. The summed E-state index contributed by atoms with van der Waals surface area (Å²) in [6.45, 7) is 6.53. The minimum atomic E-state index is 0.0152. The van der Waals surface area contributed by atoms with Crippen molar-refractivity contribution in [3.8, 4) is 10.4 Å². The molecule has 0 aliphatic carbocycles. The van der Waals surface area contributed by atoms with Gasteiger partial charge in [0.25, 0.3) is 5.56 Å². The molecule has 0 saturated heterocycles. The van der Waals surface area contributed by atoms with E-state index in [0.29, 0.717) is 6.54 Å². The van der Waals surface area contributed by atoms with Gasteiger partial charge in [-0.3, -0.25) is 9.69 Å². The second kappa shape index (κ2) is 7.58. The lowest BCUT2D eigenvalue weighted by atomic mass is 10.1. The van der Waals surface area contributed by atoms with E-state index in [4.69, 9.17) is 11.6 Å². The van der Waals surface area contributed by atoms with Crippen LogP contribution in [0.1, 0.15) is 41.7 Å². The van der Waals surface area contributed by atoms with Crippen molar-refractivity contribution in [2.75, 3.05) is 6.54 Å². The molecule has 0 bridgehead atoms. The van der Waals surface area contributed by atoms with Gasteiger partial charge in [0, 0.05) is 46.7 Å². The number of nitrogens with zero attached hydrogens (tertiary/aromatic N) is 2. The van der Waals surface area contributed by atoms with Crippen molar-refractivity contribution < 1.29 is 0 Å². The van der Waals surface area contributed by atoms with E-state index in [1.54, 1.807) is 11.3 Å². The molecule has 6 heteroatoms. The van der Waals surface area contributed by atoms with Crippen LogP contribution in [0.3, 0.4) is 0 Å². The number of H-pyrrole nitrogens is 1. The van der Waals surface area contributed by atoms with Crippen molar-refractivity contribution in [2.45, 2.75) is 39.3 Å². The molecule has 0 spiro atoms. The van der Waals surface area contributed by atoms with Crippen molar-refractivity contribution in [3.63, 3.8) is 0 Å². The number of aromatic amines is 1. The van der Waals surface area contributed by atoms with Crippen LogP contribution in [-0.4, -0.2) is 21.4 Å². The predicted molar refractivity (Wildman–Crippen MR) is 112 cm³/mol. The largest absolute Gasteiger partial charge is 0.310 e. The van der Waals surface area contributed by atoms with E-state index < -0.39 is 0 Å². The molecular formula is C21H22ClN3OS. The monoisotopic (exact) mass is 399 g/mol. The van der Waals surface area contributed by atoms with Gasteiger partial charge in [0.15, 0.2) is 0 Å². The zero-order valence-electron chi connectivity index (χ0n) is 15.5. The Hall–Kier alpha value is -1.95. The number of hydrogen-bond donors (Lipinski definition) is 1. The third-order valence-electron chi connectivity index (χ3n) is 4.88. The molecule has 1 aromatic carbocycles. The molecular weight excluding hydrogens is 378 g/mol. The molecule has 27 heavy (non-hydrogen) atoms. The van der Waals surface area contributed by atoms with Gasteiger partial charge in [-0.15, -0.1) is 11.3 Å². The Morgan fingerprint density at radius 3 is 2.74 bits per heavy atom. The molecule has 0 unspecified atom stereocenters. The summed E-state index contributed by atoms with van der Waals surface area (Å²) in [5.74, 6) is 1.02. The van der Waals surface area contributed by atoms with E-state index in [2.05, 4.69) is 40.8 Å². The first-order valence-electron chi connectivity index (χ1n) is 9.18. The summed E-state index contributed by atoms with van der Waals surface area (Å²) < 4.78 is 0. The van der Waals surface area contributed by atoms with Gasteiger partial charge in [-0.2, -0.15) is 0 Å². The molecule has 3 heterocycles. The normalized spacial score (nSPS) is 14.5. The van der Waals surface area contributed by atoms with E-state index in [0.717, 1.165) is 41.6 Å². The van der Waals surface area contributed by atoms with Gasteiger partial charge < -0.3 is 4.98 Å². The maximum Gasteiger partial charge on any atom is 0.255 e. The summed E-state index contributed by atoms with van der Waals surface area (Å²) >= 11 is 7.77. The van der Waals surface area contributed by atoms with Crippen molar-refractivity contribution in [1.29, 1.82) is 0 Å². The SMILES string of the molecule is CC(C)c1nc2c(c(=O)[nH]1)CN(Cc1ccc(-c3ccc(Cl)cc3)s1)CC2. The second-order valence-corrected chi connectivity index (χ2v) is 8.87. The van der Waals surface area contributed by atoms with Gasteiger partial charge >= 0.3 is 0 Å². The van der Waals surface area contributed by atoms with Crippen molar-refractivity contribution in [1.82, 2.24) is 14.9 Å². The Balaban J connectivity index is 1.49. The fourth-order valence-electron chi connectivity index (χ4n) is 3.36. The average molecular weight is 400 g/mol. The highest BCUT2D eigenvalue weighted by Crippen LogP contribution is 2.30. The van der Waals surface area contributed by atoms with Gasteiger partial charge in [0.1, 0.15) is 5.82 Å². The minimum absolute atomic E-state index is 0.0152. The number of rotatable bonds is 4. The lowest BCUT2D eigenvalue weighted by Crippen LogP contribution is -2.35. The topological polar surface area (TPSA) is 49.0 Å². The first-order chi connectivity index (χ1) is 13.0. The lowest BCUT2D eigenvalue weighted by Gasteiger charge is -2.27. The molecule has 0 radical (unpaired) electrons. The van der Waals surface area contributed by atoms with Gasteiger partial charge in [0.2, 0.25) is 0 Å². The van der Waals surface area contributed by atoms with Gasteiger partial charge in [-0.1, -0.05) is 37.6 Å². The van der Waals surface area contributed by atoms with Crippen molar-refractivity contribution >= 4 is 22.9 Å². The van der Waals surface area contributed by atoms with Crippen LogP contribution in [0, 0.1) is 0 Å². The van der Waals surface area contributed by atoms with Gasteiger partial charge in [-0.25, -0.2) is 4.98 Å². The van der Waals surface area contributed by atoms with Crippen molar-refractivity contribution in [2.24, 2.45) is 0 Å². The Morgan fingerprint density at radius 2 is 2.00 bits per heavy atom. The van der Waals surface area contributed by atoms with E-state index in [-0.39, 0.29) is 11.5 Å². The average Bonchev–Trinajstić information content (AvgIpc) is 3.11. The Labute approximate surface area is 167 Å². The summed E-state index contributed by atoms with van der Waals surface area (Å²) in [5.41, 5.74) is 2.98. The number of fused-ring (bicyclic) bond motifs is 1. The number of thiophene rings is 1. The quantitative estimate of drug-likeness (QED) is 0.683. The van der Waals surface area contributed by atoms with Crippen LogP contribution in [0.2, 0.25) is 5.02 Å². The molecule has 0 atom stereocenters. The molecule has 0 amide bonds. The highest BCUT2D eigenvalue weighted by Gasteiger charge is 2.22.